The van der Waals surface area contributed by atoms with Crippen molar-refractivity contribution in [2.45, 2.75) is 50.4 Å². The maximum absolute atomic E-state index is 12.5. The van der Waals surface area contributed by atoms with Gasteiger partial charge < -0.3 is 4.90 Å². The van der Waals surface area contributed by atoms with Crippen molar-refractivity contribution < 1.29 is 18.0 Å². The van der Waals surface area contributed by atoms with Crippen LogP contribution in [0, 0.1) is 0 Å². The van der Waals surface area contributed by atoms with E-state index in [0.717, 1.165) is 37.0 Å². The van der Waals surface area contributed by atoms with Crippen LogP contribution in [0.25, 0.3) is 0 Å². The Morgan fingerprint density at radius 1 is 1.18 bits per heavy atom. The highest BCUT2D eigenvalue weighted by Gasteiger charge is 2.36. The first kappa shape index (κ1) is 15.1. The SMILES string of the molecule is O=C(CCc1ccc(C(F)(F)F)cc1)N1C2C=CCC1CC2. The lowest BCUT2D eigenvalue weighted by Crippen LogP contribution is -2.42. The van der Waals surface area contributed by atoms with Crippen molar-refractivity contribution in [3.8, 4) is 0 Å². The monoisotopic (exact) mass is 309 g/mol. The maximum Gasteiger partial charge on any atom is 0.416 e. The number of carbonyl (C=O) groups excluding carboxylic acids is 1. The molecule has 1 aromatic carbocycles. The van der Waals surface area contributed by atoms with Crippen molar-refractivity contribution in [2.24, 2.45) is 0 Å². The molecule has 118 valence electrons. The van der Waals surface area contributed by atoms with Crippen molar-refractivity contribution in [1.29, 1.82) is 0 Å². The summed E-state index contributed by atoms with van der Waals surface area (Å²) in [4.78, 5) is 14.3. The summed E-state index contributed by atoms with van der Waals surface area (Å²) < 4.78 is 37.5. The van der Waals surface area contributed by atoms with E-state index in [9.17, 15) is 18.0 Å². The molecule has 1 fully saturated rings. The molecular formula is C17H18F3NO. The van der Waals surface area contributed by atoms with E-state index in [1.807, 2.05) is 4.90 Å². The van der Waals surface area contributed by atoms with Gasteiger partial charge in [0.15, 0.2) is 0 Å². The molecule has 2 aliphatic heterocycles. The minimum Gasteiger partial charge on any atom is -0.333 e. The zero-order chi connectivity index (χ0) is 15.7. The topological polar surface area (TPSA) is 20.3 Å². The molecule has 0 radical (unpaired) electrons. The van der Waals surface area contributed by atoms with E-state index in [-0.39, 0.29) is 11.9 Å². The van der Waals surface area contributed by atoms with Crippen LogP contribution in [0.1, 0.15) is 36.8 Å². The lowest BCUT2D eigenvalue weighted by Gasteiger charge is -2.31. The molecule has 0 spiro atoms. The van der Waals surface area contributed by atoms with E-state index in [4.69, 9.17) is 0 Å². The van der Waals surface area contributed by atoms with Crippen molar-refractivity contribution in [1.82, 2.24) is 4.90 Å². The predicted molar refractivity (Wildman–Crippen MR) is 77.2 cm³/mol. The molecule has 0 aromatic heterocycles. The highest BCUT2D eigenvalue weighted by molar-refractivity contribution is 5.78. The van der Waals surface area contributed by atoms with E-state index in [0.29, 0.717) is 18.9 Å². The van der Waals surface area contributed by atoms with Gasteiger partial charge in [-0.15, -0.1) is 0 Å². The van der Waals surface area contributed by atoms with Crippen LogP contribution in [-0.2, 0) is 17.4 Å². The Balaban J connectivity index is 1.59. The van der Waals surface area contributed by atoms with Crippen LogP contribution < -0.4 is 0 Å². The minimum atomic E-state index is -4.31. The number of fused-ring (bicyclic) bond motifs is 2. The summed E-state index contributed by atoms with van der Waals surface area (Å²) in [6, 6.07) is 5.61. The zero-order valence-electron chi connectivity index (χ0n) is 12.1. The summed E-state index contributed by atoms with van der Waals surface area (Å²) in [5.74, 6) is 0.108. The molecule has 1 amide bonds. The van der Waals surface area contributed by atoms with E-state index in [1.165, 1.54) is 12.1 Å². The van der Waals surface area contributed by atoms with Crippen LogP contribution in [-0.4, -0.2) is 22.9 Å². The molecule has 0 saturated carbocycles. The van der Waals surface area contributed by atoms with Gasteiger partial charge in [-0.25, -0.2) is 0 Å². The third-order valence-electron chi connectivity index (χ3n) is 4.51. The lowest BCUT2D eigenvalue weighted by molar-refractivity contribution is -0.137. The van der Waals surface area contributed by atoms with Crippen LogP contribution in [0.15, 0.2) is 36.4 Å². The van der Waals surface area contributed by atoms with Gasteiger partial charge in [0.2, 0.25) is 5.91 Å². The summed E-state index contributed by atoms with van der Waals surface area (Å²) in [7, 11) is 0. The standard InChI is InChI=1S/C17H18F3NO/c18-17(19,20)13-7-4-12(5-8-13)6-11-16(22)21-14-2-1-3-15(21)10-9-14/h1-2,4-5,7-8,14-15H,3,6,9-11H2. The molecule has 22 heavy (non-hydrogen) atoms. The van der Waals surface area contributed by atoms with Gasteiger partial charge in [0, 0.05) is 12.5 Å². The van der Waals surface area contributed by atoms with Gasteiger partial charge in [0.25, 0.3) is 0 Å². The Kier molecular flexibility index (Phi) is 3.98. The summed E-state index contributed by atoms with van der Waals surface area (Å²) in [6.07, 6.45) is 3.75. The van der Waals surface area contributed by atoms with E-state index < -0.39 is 11.7 Å². The van der Waals surface area contributed by atoms with Gasteiger partial charge in [0.05, 0.1) is 11.6 Å². The number of hydrogen-bond acceptors (Lipinski definition) is 1. The van der Waals surface area contributed by atoms with E-state index >= 15 is 0 Å². The van der Waals surface area contributed by atoms with Gasteiger partial charge in [-0.2, -0.15) is 13.2 Å². The highest BCUT2D eigenvalue weighted by atomic mass is 19.4. The van der Waals surface area contributed by atoms with Crippen LogP contribution in [0.5, 0.6) is 0 Å². The fourth-order valence-electron chi connectivity index (χ4n) is 3.35. The van der Waals surface area contributed by atoms with E-state index in [2.05, 4.69) is 12.2 Å². The first-order valence-corrected chi connectivity index (χ1v) is 7.59. The van der Waals surface area contributed by atoms with Gasteiger partial charge in [-0.05, 0) is 43.4 Å². The number of nitrogens with zero attached hydrogens (tertiary/aromatic N) is 1. The Morgan fingerprint density at radius 3 is 2.55 bits per heavy atom. The van der Waals surface area contributed by atoms with Crippen molar-refractivity contribution >= 4 is 5.91 Å². The fourth-order valence-corrected chi connectivity index (χ4v) is 3.35. The first-order valence-electron chi connectivity index (χ1n) is 7.59. The smallest absolute Gasteiger partial charge is 0.333 e. The fraction of sp³-hybridized carbons (Fsp3) is 0.471. The molecule has 2 heterocycles. The number of hydrogen-bond donors (Lipinski definition) is 0. The second kappa shape index (κ2) is 5.78. The maximum atomic E-state index is 12.5. The van der Waals surface area contributed by atoms with Crippen molar-refractivity contribution in [3.63, 3.8) is 0 Å². The van der Waals surface area contributed by atoms with Crippen LogP contribution in [0.2, 0.25) is 0 Å². The predicted octanol–water partition coefficient (Wildman–Crippen LogP) is 3.96. The third-order valence-corrected chi connectivity index (χ3v) is 4.51. The first-order chi connectivity index (χ1) is 10.4. The number of rotatable bonds is 3. The van der Waals surface area contributed by atoms with Crippen LogP contribution in [0.3, 0.4) is 0 Å². The Hall–Kier alpha value is -1.78. The number of halogens is 3. The Bertz CT molecular complexity index is 577. The van der Waals surface area contributed by atoms with Crippen molar-refractivity contribution in [2.75, 3.05) is 0 Å². The molecule has 2 bridgehead atoms. The summed E-state index contributed by atoms with van der Waals surface area (Å²) in [6.45, 7) is 0. The number of amides is 1. The molecule has 1 aromatic rings. The molecular weight excluding hydrogens is 291 g/mol. The average molecular weight is 309 g/mol. The molecule has 3 rings (SSSR count). The molecule has 0 N–H and O–H groups in total. The molecule has 1 saturated heterocycles. The number of benzene rings is 1. The second-order valence-electron chi connectivity index (χ2n) is 5.96. The Morgan fingerprint density at radius 2 is 1.91 bits per heavy atom. The molecule has 2 atom stereocenters. The summed E-state index contributed by atoms with van der Waals surface area (Å²) >= 11 is 0. The molecule has 5 heteroatoms. The highest BCUT2D eigenvalue weighted by Crippen LogP contribution is 2.32. The molecule has 2 aliphatic rings. The van der Waals surface area contributed by atoms with Gasteiger partial charge in [0.1, 0.15) is 0 Å². The third kappa shape index (κ3) is 3.03. The van der Waals surface area contributed by atoms with Crippen LogP contribution in [0.4, 0.5) is 13.2 Å². The average Bonchev–Trinajstić information content (AvgIpc) is 2.74. The largest absolute Gasteiger partial charge is 0.416 e. The van der Waals surface area contributed by atoms with Gasteiger partial charge >= 0.3 is 6.18 Å². The summed E-state index contributed by atoms with van der Waals surface area (Å²) in [5.41, 5.74) is 0.114. The number of carbonyl (C=O) groups is 1. The molecule has 2 nitrogen and oxygen atoms in total. The molecule has 2 unspecified atom stereocenters. The summed E-state index contributed by atoms with van der Waals surface area (Å²) in [5, 5.41) is 0. The Labute approximate surface area is 127 Å². The lowest BCUT2D eigenvalue weighted by atomic mass is 10.0. The van der Waals surface area contributed by atoms with Crippen LogP contribution >= 0.6 is 0 Å². The van der Waals surface area contributed by atoms with E-state index in [1.54, 1.807) is 0 Å². The zero-order valence-corrected chi connectivity index (χ0v) is 12.1. The number of aryl methyl sites for hydroxylation is 1. The quantitative estimate of drug-likeness (QED) is 0.774. The van der Waals surface area contributed by atoms with Gasteiger partial charge in [-0.3, -0.25) is 4.79 Å². The van der Waals surface area contributed by atoms with Crippen molar-refractivity contribution in [3.05, 3.63) is 47.5 Å². The van der Waals surface area contributed by atoms with Gasteiger partial charge in [-0.1, -0.05) is 24.3 Å². The normalized spacial score (nSPS) is 23.9. The molecule has 0 aliphatic carbocycles. The minimum absolute atomic E-state index is 0.108. The second-order valence-corrected chi connectivity index (χ2v) is 5.96. The number of alkyl halides is 3.